The third-order valence-electron chi connectivity index (χ3n) is 2.34. The van der Waals surface area contributed by atoms with E-state index in [9.17, 15) is 9.59 Å². The molecule has 6 nitrogen and oxygen atoms in total. The smallest absolute Gasteiger partial charge is 0.323 e. The van der Waals surface area contributed by atoms with E-state index in [4.69, 9.17) is 5.11 Å². The third-order valence-corrected chi connectivity index (χ3v) is 2.34. The molecule has 2 unspecified atom stereocenters. The molecule has 0 fully saturated rings. The van der Waals surface area contributed by atoms with Gasteiger partial charge in [0.25, 0.3) is 5.91 Å². The summed E-state index contributed by atoms with van der Waals surface area (Å²) in [6, 6.07) is -0.152. The fraction of sp³-hybridized carbons (Fsp3) is 0.556. The minimum absolute atomic E-state index is 0.00506. The number of nitrogens with one attached hydrogen (secondary N) is 3. The molecule has 1 rings (SSSR count). The molecule has 0 bridgehead atoms. The number of aromatic amines is 2. The van der Waals surface area contributed by atoms with Gasteiger partial charge in [0, 0.05) is 18.8 Å². The molecule has 0 radical (unpaired) electrons. The molecule has 0 spiro atoms. The van der Waals surface area contributed by atoms with Gasteiger partial charge in [-0.15, -0.1) is 0 Å². The number of carbonyl (C=O) groups is 1. The van der Waals surface area contributed by atoms with Crippen molar-refractivity contribution in [2.45, 2.75) is 19.9 Å². The van der Waals surface area contributed by atoms with E-state index in [0.29, 0.717) is 0 Å². The number of carbonyl (C=O) groups excluding carboxylic acids is 1. The number of aromatic nitrogens is 2. The molecule has 0 aliphatic rings. The Morgan fingerprint density at radius 1 is 1.60 bits per heavy atom. The molecular weight excluding hydrogens is 198 g/mol. The minimum atomic E-state index is -0.414. The Balaban J connectivity index is 2.60. The van der Waals surface area contributed by atoms with Crippen molar-refractivity contribution >= 4 is 5.91 Å². The van der Waals surface area contributed by atoms with Crippen LogP contribution in [0.2, 0.25) is 0 Å². The van der Waals surface area contributed by atoms with Gasteiger partial charge in [0.15, 0.2) is 0 Å². The molecular formula is C9H15N3O3. The molecule has 4 N–H and O–H groups in total. The number of rotatable bonds is 4. The first-order valence-corrected chi connectivity index (χ1v) is 4.74. The first-order valence-electron chi connectivity index (χ1n) is 4.74. The van der Waals surface area contributed by atoms with Gasteiger partial charge in [-0.2, -0.15) is 0 Å². The second-order valence-corrected chi connectivity index (χ2v) is 3.58. The van der Waals surface area contributed by atoms with Crippen LogP contribution < -0.4 is 11.0 Å². The number of hydrogen-bond acceptors (Lipinski definition) is 3. The number of aliphatic hydroxyl groups excluding tert-OH is 1. The maximum Gasteiger partial charge on any atom is 0.323 e. The van der Waals surface area contributed by atoms with Crippen molar-refractivity contribution in [1.82, 2.24) is 15.3 Å². The second kappa shape index (κ2) is 4.79. The molecule has 1 aromatic heterocycles. The highest BCUT2D eigenvalue weighted by Crippen LogP contribution is 2.01. The summed E-state index contributed by atoms with van der Waals surface area (Å²) < 4.78 is 0. The van der Waals surface area contributed by atoms with Crippen molar-refractivity contribution in [1.29, 1.82) is 0 Å². The van der Waals surface area contributed by atoms with Crippen molar-refractivity contribution < 1.29 is 9.90 Å². The lowest BCUT2D eigenvalue weighted by molar-refractivity contribution is 0.0911. The van der Waals surface area contributed by atoms with Gasteiger partial charge in [-0.25, -0.2) is 4.79 Å². The topological polar surface area (TPSA) is 98.0 Å². The molecule has 2 atom stereocenters. The Bertz CT molecular complexity index is 382. The van der Waals surface area contributed by atoms with Crippen LogP contribution in [0, 0.1) is 5.92 Å². The normalized spacial score (nSPS) is 14.6. The van der Waals surface area contributed by atoms with E-state index in [1.54, 1.807) is 6.92 Å². The van der Waals surface area contributed by atoms with E-state index >= 15 is 0 Å². The standard InChI is InChI=1S/C9H15N3O3/c1-5(4-13)6(2)11-8(14)7-3-10-9(15)12-7/h3,5-6,13H,4H2,1-2H3,(H,11,14)(H2,10,12,15). The lowest BCUT2D eigenvalue weighted by Gasteiger charge is -2.18. The van der Waals surface area contributed by atoms with Gasteiger partial charge in [-0.3, -0.25) is 4.79 Å². The summed E-state index contributed by atoms with van der Waals surface area (Å²) in [6.07, 6.45) is 1.31. The van der Waals surface area contributed by atoms with Crippen LogP contribution in [0.1, 0.15) is 24.3 Å². The Hall–Kier alpha value is -1.56. The average molecular weight is 213 g/mol. The Labute approximate surface area is 86.7 Å². The quantitative estimate of drug-likeness (QED) is 0.540. The van der Waals surface area contributed by atoms with E-state index in [1.807, 2.05) is 6.92 Å². The molecule has 1 amide bonds. The highest BCUT2D eigenvalue weighted by Gasteiger charge is 2.15. The Kier molecular flexibility index (Phi) is 3.68. The lowest BCUT2D eigenvalue weighted by atomic mass is 10.1. The van der Waals surface area contributed by atoms with Gasteiger partial charge < -0.3 is 20.4 Å². The minimum Gasteiger partial charge on any atom is -0.396 e. The van der Waals surface area contributed by atoms with Crippen molar-refractivity contribution in [2.75, 3.05) is 6.61 Å². The van der Waals surface area contributed by atoms with E-state index in [-0.39, 0.29) is 30.2 Å². The van der Waals surface area contributed by atoms with Gasteiger partial charge >= 0.3 is 5.69 Å². The number of H-pyrrole nitrogens is 2. The summed E-state index contributed by atoms with van der Waals surface area (Å²) in [6.45, 7) is 3.62. The van der Waals surface area contributed by atoms with Crippen LogP contribution >= 0.6 is 0 Å². The van der Waals surface area contributed by atoms with Crippen LogP contribution in [0.3, 0.4) is 0 Å². The number of hydrogen-bond donors (Lipinski definition) is 4. The van der Waals surface area contributed by atoms with E-state index in [2.05, 4.69) is 15.3 Å². The van der Waals surface area contributed by atoms with Crippen LogP contribution in [0.5, 0.6) is 0 Å². The van der Waals surface area contributed by atoms with E-state index in [1.165, 1.54) is 6.20 Å². The number of amides is 1. The monoisotopic (exact) mass is 213 g/mol. The lowest BCUT2D eigenvalue weighted by Crippen LogP contribution is -2.38. The zero-order chi connectivity index (χ0) is 11.4. The summed E-state index contributed by atoms with van der Waals surface area (Å²) >= 11 is 0. The van der Waals surface area contributed by atoms with Gasteiger partial charge in [0.2, 0.25) is 0 Å². The van der Waals surface area contributed by atoms with Gasteiger partial charge in [0.05, 0.1) is 0 Å². The molecule has 15 heavy (non-hydrogen) atoms. The Morgan fingerprint density at radius 2 is 2.27 bits per heavy atom. The second-order valence-electron chi connectivity index (χ2n) is 3.58. The first kappa shape index (κ1) is 11.5. The van der Waals surface area contributed by atoms with Crippen LogP contribution in [-0.4, -0.2) is 33.6 Å². The summed E-state index contributed by atoms with van der Waals surface area (Å²) in [4.78, 5) is 26.9. The van der Waals surface area contributed by atoms with Gasteiger partial charge in [-0.05, 0) is 12.8 Å². The van der Waals surface area contributed by atoms with Crippen LogP contribution in [0.4, 0.5) is 0 Å². The number of aliphatic hydroxyl groups is 1. The van der Waals surface area contributed by atoms with Crippen LogP contribution in [-0.2, 0) is 0 Å². The summed E-state index contributed by atoms with van der Waals surface area (Å²) in [5, 5.41) is 11.5. The molecule has 84 valence electrons. The molecule has 1 aromatic rings. The van der Waals surface area contributed by atoms with Crippen molar-refractivity contribution in [3.63, 3.8) is 0 Å². The van der Waals surface area contributed by atoms with Crippen LogP contribution in [0.15, 0.2) is 11.0 Å². The van der Waals surface area contributed by atoms with Crippen LogP contribution in [0.25, 0.3) is 0 Å². The fourth-order valence-electron chi connectivity index (χ4n) is 1.04. The maximum atomic E-state index is 11.5. The van der Waals surface area contributed by atoms with Gasteiger partial charge in [0.1, 0.15) is 5.69 Å². The Morgan fingerprint density at radius 3 is 2.73 bits per heavy atom. The zero-order valence-electron chi connectivity index (χ0n) is 8.70. The third kappa shape index (κ3) is 2.95. The summed E-state index contributed by atoms with van der Waals surface area (Å²) in [5.41, 5.74) is -0.222. The fourth-order valence-corrected chi connectivity index (χ4v) is 1.04. The highest BCUT2D eigenvalue weighted by atomic mass is 16.3. The first-order chi connectivity index (χ1) is 7.04. The molecule has 0 aromatic carbocycles. The van der Waals surface area contributed by atoms with E-state index < -0.39 is 5.69 Å². The van der Waals surface area contributed by atoms with Crippen molar-refractivity contribution in [3.05, 3.63) is 22.4 Å². The molecule has 0 aliphatic heterocycles. The van der Waals surface area contributed by atoms with Gasteiger partial charge in [-0.1, -0.05) is 6.92 Å². The molecule has 6 heteroatoms. The largest absolute Gasteiger partial charge is 0.396 e. The average Bonchev–Trinajstić information content (AvgIpc) is 2.63. The molecule has 0 aliphatic carbocycles. The molecule has 0 saturated heterocycles. The SMILES string of the molecule is CC(CO)C(C)NC(=O)c1c[nH]c(=O)[nH]1. The highest BCUT2D eigenvalue weighted by molar-refractivity contribution is 5.92. The van der Waals surface area contributed by atoms with Crippen molar-refractivity contribution in [2.24, 2.45) is 5.92 Å². The molecule has 1 heterocycles. The maximum absolute atomic E-state index is 11.5. The van der Waals surface area contributed by atoms with E-state index in [0.717, 1.165) is 0 Å². The zero-order valence-corrected chi connectivity index (χ0v) is 8.70. The number of imidazole rings is 1. The molecule has 0 saturated carbocycles. The predicted octanol–water partition coefficient (Wildman–Crippen LogP) is -0.550. The predicted molar refractivity (Wildman–Crippen MR) is 54.6 cm³/mol. The summed E-state index contributed by atoms with van der Waals surface area (Å²) in [7, 11) is 0. The van der Waals surface area contributed by atoms with Crippen molar-refractivity contribution in [3.8, 4) is 0 Å². The summed E-state index contributed by atoms with van der Waals surface area (Å²) in [5.74, 6) is -0.388.